The maximum absolute atomic E-state index is 11.2. The second-order valence-corrected chi connectivity index (χ2v) is 5.79. The topological polar surface area (TPSA) is 75.6 Å². The summed E-state index contributed by atoms with van der Waals surface area (Å²) < 4.78 is 4.88. The van der Waals surface area contributed by atoms with Crippen molar-refractivity contribution >= 4 is 47.2 Å². The van der Waals surface area contributed by atoms with Gasteiger partial charge in [-0.05, 0) is 27.2 Å². The van der Waals surface area contributed by atoms with Crippen molar-refractivity contribution in [3.63, 3.8) is 0 Å². The molecule has 0 aliphatic carbocycles. The molecule has 0 spiro atoms. The van der Waals surface area contributed by atoms with Crippen LogP contribution in [0, 0.1) is 13.8 Å². The van der Waals surface area contributed by atoms with E-state index in [1.165, 1.54) is 4.88 Å². The van der Waals surface area contributed by atoms with Crippen molar-refractivity contribution in [3.8, 4) is 0 Å². The molecule has 1 aromatic heterocycles. The summed E-state index contributed by atoms with van der Waals surface area (Å²) >= 11 is 1.69. The molecule has 22 heavy (non-hydrogen) atoms. The van der Waals surface area contributed by atoms with Gasteiger partial charge in [-0.25, -0.2) is 4.98 Å². The fourth-order valence-electron chi connectivity index (χ4n) is 1.79. The Kier molecular flexibility index (Phi) is 11.2. The van der Waals surface area contributed by atoms with E-state index in [4.69, 9.17) is 4.74 Å². The fraction of sp³-hybridized carbons (Fsp3) is 0.643. The molecule has 0 unspecified atom stereocenters. The van der Waals surface area contributed by atoms with Crippen LogP contribution in [0.1, 0.15) is 35.3 Å². The predicted octanol–water partition coefficient (Wildman–Crippen LogP) is 2.39. The number of hydrogen-bond donors (Lipinski definition) is 2. The first-order valence-electron chi connectivity index (χ1n) is 7.09. The third-order valence-corrected chi connectivity index (χ3v) is 3.87. The maximum atomic E-state index is 11.2. The highest BCUT2D eigenvalue weighted by Crippen LogP contribution is 2.16. The number of aliphatic imine (C=N–C) groups is 1. The minimum absolute atomic E-state index is 0. The molecule has 2 N–H and O–H groups in total. The molecular formula is C14H25IN4O2S. The molecule has 0 saturated heterocycles. The number of aromatic nitrogens is 1. The van der Waals surface area contributed by atoms with Crippen molar-refractivity contribution in [2.75, 3.05) is 20.2 Å². The summed E-state index contributed by atoms with van der Waals surface area (Å²) in [6, 6.07) is 0. The zero-order valence-electron chi connectivity index (χ0n) is 13.6. The van der Waals surface area contributed by atoms with Gasteiger partial charge in [-0.2, -0.15) is 0 Å². The van der Waals surface area contributed by atoms with E-state index in [1.54, 1.807) is 18.4 Å². The summed E-state index contributed by atoms with van der Waals surface area (Å²) in [6.45, 7) is 7.64. The summed E-state index contributed by atoms with van der Waals surface area (Å²) in [6.07, 6.45) is 1.14. The number of carbonyl (C=O) groups is 1. The number of guanidine groups is 1. The lowest BCUT2D eigenvalue weighted by Crippen LogP contribution is -2.37. The Labute approximate surface area is 153 Å². The highest BCUT2D eigenvalue weighted by Gasteiger charge is 2.06. The summed E-state index contributed by atoms with van der Waals surface area (Å²) in [7, 11) is 1.73. The summed E-state index contributed by atoms with van der Waals surface area (Å²) in [5.74, 6) is 0.572. The Morgan fingerprint density at radius 2 is 2.09 bits per heavy atom. The molecule has 0 bridgehead atoms. The van der Waals surface area contributed by atoms with Gasteiger partial charge in [0.05, 0.1) is 23.9 Å². The molecule has 1 rings (SSSR count). The molecule has 8 heteroatoms. The highest BCUT2D eigenvalue weighted by atomic mass is 127. The lowest BCUT2D eigenvalue weighted by molar-refractivity contribution is -0.143. The Bertz CT molecular complexity index is 491. The van der Waals surface area contributed by atoms with E-state index >= 15 is 0 Å². The van der Waals surface area contributed by atoms with Gasteiger partial charge in [0.2, 0.25) is 0 Å². The van der Waals surface area contributed by atoms with Gasteiger partial charge in [0.1, 0.15) is 0 Å². The SMILES string of the molecule is CCOC(=O)CCCNC(=NC)NCc1sc(C)nc1C.I. The predicted molar refractivity (Wildman–Crippen MR) is 101 cm³/mol. The monoisotopic (exact) mass is 440 g/mol. The number of rotatable bonds is 7. The quantitative estimate of drug-likeness (QED) is 0.224. The van der Waals surface area contributed by atoms with E-state index in [9.17, 15) is 4.79 Å². The molecule has 0 radical (unpaired) electrons. The number of ether oxygens (including phenoxy) is 1. The third kappa shape index (κ3) is 7.92. The van der Waals surface area contributed by atoms with Crippen LogP contribution in [0.25, 0.3) is 0 Å². The molecule has 0 atom stereocenters. The molecule has 0 aliphatic heterocycles. The number of esters is 1. The van der Waals surface area contributed by atoms with Gasteiger partial charge in [-0.15, -0.1) is 35.3 Å². The zero-order valence-corrected chi connectivity index (χ0v) is 16.7. The maximum Gasteiger partial charge on any atom is 0.305 e. The van der Waals surface area contributed by atoms with Gasteiger partial charge >= 0.3 is 5.97 Å². The van der Waals surface area contributed by atoms with Gasteiger partial charge in [-0.1, -0.05) is 0 Å². The number of halogens is 1. The molecule has 0 saturated carbocycles. The van der Waals surface area contributed by atoms with E-state index in [-0.39, 0.29) is 29.9 Å². The summed E-state index contributed by atoms with van der Waals surface area (Å²) in [5.41, 5.74) is 1.06. The van der Waals surface area contributed by atoms with Gasteiger partial charge in [0, 0.05) is 24.9 Å². The number of aryl methyl sites for hydroxylation is 2. The Morgan fingerprint density at radius 1 is 1.36 bits per heavy atom. The van der Waals surface area contributed by atoms with Crippen LogP contribution < -0.4 is 10.6 Å². The first-order chi connectivity index (χ1) is 10.1. The number of nitrogens with zero attached hydrogens (tertiary/aromatic N) is 2. The second kappa shape index (κ2) is 11.6. The smallest absolute Gasteiger partial charge is 0.305 e. The average Bonchev–Trinajstić information content (AvgIpc) is 2.76. The molecule has 0 amide bonds. The van der Waals surface area contributed by atoms with Crippen LogP contribution >= 0.6 is 35.3 Å². The van der Waals surface area contributed by atoms with Crippen LogP contribution in [0.2, 0.25) is 0 Å². The van der Waals surface area contributed by atoms with Crippen LogP contribution in [0.5, 0.6) is 0 Å². The van der Waals surface area contributed by atoms with Crippen LogP contribution in [0.4, 0.5) is 0 Å². The van der Waals surface area contributed by atoms with Gasteiger partial charge in [0.25, 0.3) is 0 Å². The van der Waals surface area contributed by atoms with Gasteiger partial charge in [-0.3, -0.25) is 9.79 Å². The first-order valence-corrected chi connectivity index (χ1v) is 7.91. The molecule has 0 aromatic carbocycles. The number of thiazole rings is 1. The third-order valence-electron chi connectivity index (χ3n) is 2.80. The Balaban J connectivity index is 0.00000441. The van der Waals surface area contributed by atoms with Crippen molar-refractivity contribution in [1.29, 1.82) is 0 Å². The Hall–Kier alpha value is -0.900. The lowest BCUT2D eigenvalue weighted by Gasteiger charge is -2.11. The van der Waals surface area contributed by atoms with E-state index in [0.29, 0.717) is 26.1 Å². The fourth-order valence-corrected chi connectivity index (χ4v) is 2.67. The van der Waals surface area contributed by atoms with E-state index < -0.39 is 0 Å². The zero-order chi connectivity index (χ0) is 15.7. The molecule has 0 fully saturated rings. The minimum atomic E-state index is -0.155. The second-order valence-electron chi connectivity index (χ2n) is 4.50. The van der Waals surface area contributed by atoms with Crippen LogP contribution in [0.3, 0.4) is 0 Å². The first kappa shape index (κ1) is 21.1. The van der Waals surface area contributed by atoms with Gasteiger partial charge < -0.3 is 15.4 Å². The number of carbonyl (C=O) groups excluding carboxylic acids is 1. The summed E-state index contributed by atoms with van der Waals surface area (Å²) in [4.78, 5) is 21.0. The summed E-state index contributed by atoms with van der Waals surface area (Å²) in [5, 5.41) is 7.50. The van der Waals surface area contributed by atoms with Crippen molar-refractivity contribution in [1.82, 2.24) is 15.6 Å². The normalized spacial score (nSPS) is 10.8. The van der Waals surface area contributed by atoms with Gasteiger partial charge in [0.15, 0.2) is 5.96 Å². The van der Waals surface area contributed by atoms with E-state index in [2.05, 4.69) is 20.6 Å². The molecule has 126 valence electrons. The van der Waals surface area contributed by atoms with Crippen molar-refractivity contribution < 1.29 is 9.53 Å². The van der Waals surface area contributed by atoms with Crippen molar-refractivity contribution in [2.24, 2.45) is 4.99 Å². The minimum Gasteiger partial charge on any atom is -0.466 e. The number of hydrogen-bond acceptors (Lipinski definition) is 5. The van der Waals surface area contributed by atoms with Crippen LogP contribution in [-0.2, 0) is 16.1 Å². The van der Waals surface area contributed by atoms with Crippen molar-refractivity contribution in [3.05, 3.63) is 15.6 Å². The lowest BCUT2D eigenvalue weighted by atomic mass is 10.3. The molecule has 0 aliphatic rings. The van der Waals surface area contributed by atoms with Crippen molar-refractivity contribution in [2.45, 2.75) is 40.2 Å². The standard InChI is InChI=1S/C14H24N4O2S.HI/c1-5-20-13(19)7-6-8-16-14(15-4)17-9-12-10(2)18-11(3)21-12;/h5-9H2,1-4H3,(H2,15,16,17);1H. The molecule has 6 nitrogen and oxygen atoms in total. The number of nitrogens with one attached hydrogen (secondary N) is 2. The molecule has 1 aromatic rings. The largest absolute Gasteiger partial charge is 0.466 e. The van der Waals surface area contributed by atoms with E-state index in [0.717, 1.165) is 23.1 Å². The van der Waals surface area contributed by atoms with Crippen LogP contribution in [-0.4, -0.2) is 37.1 Å². The molecular weight excluding hydrogens is 415 g/mol. The molecule has 1 heterocycles. The Morgan fingerprint density at radius 3 is 2.64 bits per heavy atom. The van der Waals surface area contributed by atoms with E-state index in [1.807, 2.05) is 20.8 Å². The highest BCUT2D eigenvalue weighted by molar-refractivity contribution is 14.0. The van der Waals surface area contributed by atoms with Crippen LogP contribution in [0.15, 0.2) is 4.99 Å². The average molecular weight is 440 g/mol.